The standard InChI is InChI=1S/C12H11F2N3S/c13-7-1-4-9(10(14)5-7)11-6-18-12(17-16-11)15-8-2-3-8/h1,4-5,8H,2-3,6H2,(H,15,17). The first kappa shape index (κ1) is 11.6. The summed E-state index contributed by atoms with van der Waals surface area (Å²) in [7, 11) is 0. The molecule has 0 aromatic heterocycles. The minimum atomic E-state index is -0.585. The summed E-state index contributed by atoms with van der Waals surface area (Å²) < 4.78 is 26.4. The molecule has 0 bridgehead atoms. The van der Waals surface area contributed by atoms with Gasteiger partial charge in [0, 0.05) is 17.4 Å². The van der Waals surface area contributed by atoms with Crippen LogP contribution in [0.5, 0.6) is 0 Å². The van der Waals surface area contributed by atoms with Crippen LogP contribution in [0.4, 0.5) is 8.78 Å². The van der Waals surface area contributed by atoms with Gasteiger partial charge in [-0.3, -0.25) is 10.4 Å². The monoisotopic (exact) mass is 267 g/mol. The molecule has 2 aliphatic rings. The molecule has 1 aromatic rings. The number of nitrogens with one attached hydrogen (secondary N) is 1. The number of nitrogens with zero attached hydrogens (tertiary/aromatic N) is 2. The van der Waals surface area contributed by atoms with E-state index in [2.05, 4.69) is 15.5 Å². The van der Waals surface area contributed by atoms with Gasteiger partial charge in [-0.25, -0.2) is 8.78 Å². The molecule has 1 aliphatic carbocycles. The third-order valence-corrected chi connectivity index (χ3v) is 3.61. The largest absolute Gasteiger partial charge is 0.258 e. The van der Waals surface area contributed by atoms with E-state index >= 15 is 0 Å². The van der Waals surface area contributed by atoms with Gasteiger partial charge in [-0.2, -0.15) is 5.10 Å². The van der Waals surface area contributed by atoms with Gasteiger partial charge >= 0.3 is 0 Å². The number of hydrazone groups is 1. The van der Waals surface area contributed by atoms with E-state index in [0.29, 0.717) is 23.1 Å². The normalized spacial score (nSPS) is 21.7. The maximum absolute atomic E-state index is 13.6. The summed E-state index contributed by atoms with van der Waals surface area (Å²) >= 11 is 1.50. The van der Waals surface area contributed by atoms with E-state index < -0.39 is 11.6 Å². The Morgan fingerprint density at radius 3 is 2.78 bits per heavy atom. The summed E-state index contributed by atoms with van der Waals surface area (Å²) in [6, 6.07) is 3.95. The summed E-state index contributed by atoms with van der Waals surface area (Å²) in [6.45, 7) is 0. The van der Waals surface area contributed by atoms with Crippen LogP contribution in [-0.2, 0) is 0 Å². The molecule has 1 saturated carbocycles. The summed E-state index contributed by atoms with van der Waals surface area (Å²) in [5.74, 6) is -0.621. The average molecular weight is 267 g/mol. The van der Waals surface area contributed by atoms with Crippen molar-refractivity contribution < 1.29 is 8.78 Å². The van der Waals surface area contributed by atoms with Gasteiger partial charge in [-0.1, -0.05) is 11.8 Å². The Labute approximate surface area is 107 Å². The molecule has 0 radical (unpaired) electrons. The van der Waals surface area contributed by atoms with Crippen LogP contribution in [0.1, 0.15) is 18.4 Å². The minimum absolute atomic E-state index is 0.335. The van der Waals surface area contributed by atoms with E-state index in [9.17, 15) is 8.78 Å². The zero-order chi connectivity index (χ0) is 12.5. The van der Waals surface area contributed by atoms with Gasteiger partial charge in [0.2, 0.25) is 0 Å². The molecule has 0 unspecified atom stereocenters. The van der Waals surface area contributed by atoms with E-state index in [1.54, 1.807) is 0 Å². The number of hydrogen-bond acceptors (Lipinski definition) is 3. The lowest BCUT2D eigenvalue weighted by Crippen LogP contribution is -2.26. The molecule has 0 spiro atoms. The molecular weight excluding hydrogens is 256 g/mol. The Bertz CT molecular complexity index is 538. The van der Waals surface area contributed by atoms with Crippen LogP contribution in [-0.4, -0.2) is 22.7 Å². The van der Waals surface area contributed by atoms with Gasteiger partial charge in [0.15, 0.2) is 5.17 Å². The lowest BCUT2D eigenvalue weighted by Gasteiger charge is -2.15. The molecule has 94 valence electrons. The van der Waals surface area contributed by atoms with Crippen molar-refractivity contribution in [2.75, 3.05) is 5.75 Å². The number of halogens is 2. The summed E-state index contributed by atoms with van der Waals surface area (Å²) in [6.07, 6.45) is 2.27. The van der Waals surface area contributed by atoms with Gasteiger partial charge in [0.1, 0.15) is 11.6 Å². The number of thioether (sulfide) groups is 1. The Morgan fingerprint density at radius 2 is 2.17 bits per heavy atom. The Balaban J connectivity index is 1.79. The van der Waals surface area contributed by atoms with E-state index in [4.69, 9.17) is 0 Å². The maximum atomic E-state index is 13.6. The van der Waals surface area contributed by atoms with Gasteiger partial charge in [0.25, 0.3) is 0 Å². The zero-order valence-electron chi connectivity index (χ0n) is 9.49. The Kier molecular flexibility index (Phi) is 3.03. The van der Waals surface area contributed by atoms with Crippen LogP contribution in [0.25, 0.3) is 0 Å². The van der Waals surface area contributed by atoms with Crippen molar-refractivity contribution in [3.8, 4) is 0 Å². The molecule has 1 fully saturated rings. The average Bonchev–Trinajstić information content (AvgIpc) is 3.15. The van der Waals surface area contributed by atoms with Crippen molar-refractivity contribution in [1.29, 1.82) is 0 Å². The van der Waals surface area contributed by atoms with Gasteiger partial charge in [0.05, 0.1) is 11.8 Å². The van der Waals surface area contributed by atoms with Crippen molar-refractivity contribution in [2.45, 2.75) is 18.9 Å². The number of amidine groups is 1. The third kappa shape index (κ3) is 2.53. The molecule has 3 nitrogen and oxygen atoms in total. The molecule has 1 aliphatic heterocycles. The summed E-state index contributed by atoms with van der Waals surface area (Å²) in [5, 5.41) is 4.89. The lowest BCUT2D eigenvalue weighted by atomic mass is 10.1. The van der Waals surface area contributed by atoms with Gasteiger partial charge in [-0.15, -0.1) is 0 Å². The summed E-state index contributed by atoms with van der Waals surface area (Å²) in [5.41, 5.74) is 3.73. The van der Waals surface area contributed by atoms with Crippen molar-refractivity contribution in [3.05, 3.63) is 35.4 Å². The second kappa shape index (κ2) is 4.68. The van der Waals surface area contributed by atoms with E-state index in [1.165, 1.54) is 23.9 Å². The molecule has 18 heavy (non-hydrogen) atoms. The fraction of sp³-hybridized carbons (Fsp3) is 0.333. The topological polar surface area (TPSA) is 36.8 Å². The second-order valence-corrected chi connectivity index (χ2v) is 5.21. The molecular formula is C12H11F2N3S. The highest BCUT2D eigenvalue weighted by molar-refractivity contribution is 8.14. The fourth-order valence-corrected chi connectivity index (χ4v) is 2.44. The van der Waals surface area contributed by atoms with Crippen molar-refractivity contribution in [3.63, 3.8) is 0 Å². The summed E-state index contributed by atoms with van der Waals surface area (Å²) in [4.78, 5) is 4.42. The first-order valence-electron chi connectivity index (χ1n) is 5.71. The van der Waals surface area contributed by atoms with E-state index in [0.717, 1.165) is 24.1 Å². The quantitative estimate of drug-likeness (QED) is 0.894. The molecule has 1 N–H and O–H groups in total. The zero-order valence-corrected chi connectivity index (χ0v) is 10.3. The Morgan fingerprint density at radius 1 is 1.33 bits per heavy atom. The van der Waals surface area contributed by atoms with E-state index in [-0.39, 0.29) is 0 Å². The smallest absolute Gasteiger partial charge is 0.177 e. The maximum Gasteiger partial charge on any atom is 0.177 e. The number of benzene rings is 1. The highest BCUT2D eigenvalue weighted by atomic mass is 32.2. The molecule has 1 aromatic carbocycles. The number of hydrogen-bond donors (Lipinski definition) is 1. The molecule has 6 heteroatoms. The van der Waals surface area contributed by atoms with Gasteiger partial charge < -0.3 is 0 Å². The highest BCUT2D eigenvalue weighted by Gasteiger charge is 2.23. The molecule has 0 atom stereocenters. The first-order chi connectivity index (χ1) is 8.72. The molecule has 0 amide bonds. The van der Waals surface area contributed by atoms with Crippen molar-refractivity contribution >= 4 is 22.6 Å². The van der Waals surface area contributed by atoms with Gasteiger partial charge in [-0.05, 0) is 25.0 Å². The number of aliphatic imine (C=N–C) groups is 1. The fourth-order valence-electron chi connectivity index (χ4n) is 1.61. The second-order valence-electron chi connectivity index (χ2n) is 4.25. The predicted molar refractivity (Wildman–Crippen MR) is 68.9 cm³/mol. The Hall–Kier alpha value is -1.43. The SMILES string of the molecule is Fc1ccc(C2=NNC(=NC3CC3)SC2)c(F)c1. The lowest BCUT2D eigenvalue weighted by molar-refractivity contribution is 0.581. The predicted octanol–water partition coefficient (Wildman–Crippen LogP) is 2.52. The highest BCUT2D eigenvalue weighted by Crippen LogP contribution is 2.26. The van der Waals surface area contributed by atoms with Crippen molar-refractivity contribution in [2.24, 2.45) is 10.1 Å². The van der Waals surface area contributed by atoms with Crippen molar-refractivity contribution in [1.82, 2.24) is 5.43 Å². The first-order valence-corrected chi connectivity index (χ1v) is 6.69. The molecule has 1 heterocycles. The molecule has 3 rings (SSSR count). The van der Waals surface area contributed by atoms with E-state index in [1.807, 2.05) is 0 Å². The van der Waals surface area contributed by atoms with Crippen LogP contribution in [0.15, 0.2) is 28.3 Å². The van der Waals surface area contributed by atoms with Crippen LogP contribution in [0, 0.1) is 11.6 Å². The minimum Gasteiger partial charge on any atom is -0.258 e. The third-order valence-electron chi connectivity index (χ3n) is 2.72. The van der Waals surface area contributed by atoms with Crippen LogP contribution >= 0.6 is 11.8 Å². The van der Waals surface area contributed by atoms with Crippen LogP contribution in [0.2, 0.25) is 0 Å². The number of rotatable bonds is 2. The van der Waals surface area contributed by atoms with Crippen LogP contribution < -0.4 is 5.43 Å². The van der Waals surface area contributed by atoms with Crippen LogP contribution in [0.3, 0.4) is 0 Å². The molecule has 0 saturated heterocycles.